The highest BCUT2D eigenvalue weighted by molar-refractivity contribution is 5.87. The minimum absolute atomic E-state index is 0.129. The third-order valence-corrected chi connectivity index (χ3v) is 2.09. The summed E-state index contributed by atoms with van der Waals surface area (Å²) in [6, 6.07) is 5.78. The molecule has 0 radical (unpaired) electrons. The molecule has 0 aliphatic rings. The maximum absolute atomic E-state index is 11.4. The second-order valence-corrected chi connectivity index (χ2v) is 3.51. The second kappa shape index (κ2) is 6.44. The van der Waals surface area contributed by atoms with Crippen molar-refractivity contribution in [2.45, 2.75) is 13.0 Å². The number of carbonyl (C=O) groups excluding carboxylic acids is 1. The molecule has 1 aromatic rings. The van der Waals surface area contributed by atoms with E-state index < -0.39 is 18.0 Å². The predicted molar refractivity (Wildman–Crippen MR) is 64.6 cm³/mol. The van der Waals surface area contributed by atoms with Crippen LogP contribution in [-0.4, -0.2) is 29.8 Å². The Bertz CT molecular complexity index is 435. The van der Waals surface area contributed by atoms with Gasteiger partial charge in [-0.25, -0.2) is 9.59 Å². The van der Waals surface area contributed by atoms with E-state index in [2.05, 4.69) is 6.58 Å². The van der Waals surface area contributed by atoms with Gasteiger partial charge in [0.25, 0.3) is 0 Å². The molecule has 0 saturated carbocycles. The Balaban J connectivity index is 2.58. The molecule has 18 heavy (non-hydrogen) atoms. The molecule has 1 rings (SSSR count). The Morgan fingerprint density at radius 2 is 2.00 bits per heavy atom. The lowest BCUT2D eigenvalue weighted by Crippen LogP contribution is -2.26. The molecule has 0 bridgehead atoms. The molecule has 0 heterocycles. The number of carboxylic acids is 1. The molecule has 0 aliphatic heterocycles. The van der Waals surface area contributed by atoms with E-state index in [9.17, 15) is 9.59 Å². The highest BCUT2D eigenvalue weighted by atomic mass is 16.6. The molecule has 0 saturated heterocycles. The highest BCUT2D eigenvalue weighted by Crippen LogP contribution is 2.14. The lowest BCUT2D eigenvalue weighted by atomic mass is 10.2. The topological polar surface area (TPSA) is 72.8 Å². The second-order valence-electron chi connectivity index (χ2n) is 3.51. The maximum atomic E-state index is 11.4. The number of esters is 1. The number of ether oxygens (including phenoxy) is 2. The molecule has 0 aromatic heterocycles. The van der Waals surface area contributed by atoms with Crippen molar-refractivity contribution in [1.29, 1.82) is 0 Å². The first-order chi connectivity index (χ1) is 8.54. The summed E-state index contributed by atoms with van der Waals surface area (Å²) < 4.78 is 10.1. The smallest absolute Gasteiger partial charge is 0.347 e. The summed E-state index contributed by atoms with van der Waals surface area (Å²) in [7, 11) is 0. The van der Waals surface area contributed by atoms with Crippen molar-refractivity contribution in [2.75, 3.05) is 6.61 Å². The van der Waals surface area contributed by atoms with E-state index in [1.807, 2.05) is 0 Å². The Kier molecular flexibility index (Phi) is 4.92. The van der Waals surface area contributed by atoms with Crippen LogP contribution in [0.15, 0.2) is 36.9 Å². The van der Waals surface area contributed by atoms with E-state index in [0.717, 1.165) is 0 Å². The molecule has 0 aliphatic carbocycles. The zero-order valence-electron chi connectivity index (χ0n) is 9.96. The molecule has 0 fully saturated rings. The van der Waals surface area contributed by atoms with Crippen molar-refractivity contribution in [1.82, 2.24) is 0 Å². The third-order valence-electron chi connectivity index (χ3n) is 2.09. The average molecular weight is 250 g/mol. The van der Waals surface area contributed by atoms with Gasteiger partial charge in [-0.2, -0.15) is 0 Å². The third kappa shape index (κ3) is 3.93. The first kappa shape index (κ1) is 13.8. The van der Waals surface area contributed by atoms with E-state index in [-0.39, 0.29) is 12.2 Å². The first-order valence-electron chi connectivity index (χ1n) is 5.32. The van der Waals surface area contributed by atoms with Crippen LogP contribution in [0.25, 0.3) is 0 Å². The quantitative estimate of drug-likeness (QED) is 0.616. The molecule has 96 valence electrons. The van der Waals surface area contributed by atoms with Crippen LogP contribution in [0.2, 0.25) is 0 Å². The van der Waals surface area contributed by atoms with Gasteiger partial charge in [0, 0.05) is 0 Å². The minimum Gasteiger partial charge on any atom is -0.479 e. The van der Waals surface area contributed by atoms with Crippen LogP contribution in [0.1, 0.15) is 17.3 Å². The molecular formula is C13H14O5. The molecule has 0 amide bonds. The van der Waals surface area contributed by atoms with E-state index >= 15 is 0 Å². The SMILES string of the molecule is C=CCOC(=O)C(C)Oc1ccc(C(=O)O)cc1. The Labute approximate surface area is 105 Å². The standard InChI is InChI=1S/C13H14O5/c1-3-8-17-13(16)9(2)18-11-6-4-10(5-7-11)12(14)15/h3-7,9H,1,8H2,2H3,(H,14,15). The van der Waals surface area contributed by atoms with Crippen molar-refractivity contribution < 1.29 is 24.2 Å². The summed E-state index contributed by atoms with van der Waals surface area (Å²) in [4.78, 5) is 22.0. The Hall–Kier alpha value is -2.30. The van der Waals surface area contributed by atoms with Gasteiger partial charge in [-0.1, -0.05) is 12.7 Å². The van der Waals surface area contributed by atoms with Gasteiger partial charge in [0.15, 0.2) is 6.10 Å². The fourth-order valence-electron chi connectivity index (χ4n) is 1.19. The monoisotopic (exact) mass is 250 g/mol. The maximum Gasteiger partial charge on any atom is 0.347 e. The van der Waals surface area contributed by atoms with Crippen LogP contribution in [0.3, 0.4) is 0 Å². The highest BCUT2D eigenvalue weighted by Gasteiger charge is 2.15. The van der Waals surface area contributed by atoms with Crippen LogP contribution >= 0.6 is 0 Å². The van der Waals surface area contributed by atoms with Gasteiger partial charge in [0.2, 0.25) is 0 Å². The van der Waals surface area contributed by atoms with Crippen molar-refractivity contribution in [3.63, 3.8) is 0 Å². The van der Waals surface area contributed by atoms with E-state index in [1.165, 1.54) is 30.3 Å². The summed E-state index contributed by atoms with van der Waals surface area (Å²) in [5, 5.41) is 8.72. The fourth-order valence-corrected chi connectivity index (χ4v) is 1.19. The van der Waals surface area contributed by atoms with Gasteiger partial charge >= 0.3 is 11.9 Å². The van der Waals surface area contributed by atoms with E-state index in [4.69, 9.17) is 14.6 Å². The number of carbonyl (C=O) groups is 2. The lowest BCUT2D eigenvalue weighted by Gasteiger charge is -2.13. The summed E-state index contributed by atoms with van der Waals surface area (Å²) in [6.07, 6.45) is 0.701. The number of benzene rings is 1. The van der Waals surface area contributed by atoms with Crippen LogP contribution in [0, 0.1) is 0 Å². The molecular weight excluding hydrogens is 236 g/mol. The molecule has 5 nitrogen and oxygen atoms in total. The van der Waals surface area contributed by atoms with Gasteiger partial charge in [0.1, 0.15) is 12.4 Å². The summed E-state index contributed by atoms with van der Waals surface area (Å²) in [5.74, 6) is -1.11. The molecule has 5 heteroatoms. The van der Waals surface area contributed by atoms with Gasteiger partial charge in [-0.3, -0.25) is 0 Å². The van der Waals surface area contributed by atoms with Crippen LogP contribution in [0.4, 0.5) is 0 Å². The average Bonchev–Trinajstić information content (AvgIpc) is 2.36. The number of carboxylic acid groups (broad SMARTS) is 1. The Morgan fingerprint density at radius 3 is 2.50 bits per heavy atom. The molecule has 1 unspecified atom stereocenters. The predicted octanol–water partition coefficient (Wildman–Crippen LogP) is 1.88. The van der Waals surface area contributed by atoms with Gasteiger partial charge in [-0.15, -0.1) is 0 Å². The number of aromatic carboxylic acids is 1. The summed E-state index contributed by atoms with van der Waals surface area (Å²) >= 11 is 0. The van der Waals surface area contributed by atoms with Crippen molar-refractivity contribution in [2.24, 2.45) is 0 Å². The summed E-state index contributed by atoms with van der Waals surface area (Å²) in [6.45, 7) is 5.11. The van der Waals surface area contributed by atoms with E-state index in [0.29, 0.717) is 5.75 Å². The normalized spacial score (nSPS) is 11.4. The van der Waals surface area contributed by atoms with Crippen LogP contribution < -0.4 is 4.74 Å². The lowest BCUT2D eigenvalue weighted by molar-refractivity contribution is -0.149. The molecule has 1 atom stereocenters. The summed E-state index contributed by atoms with van der Waals surface area (Å²) in [5.41, 5.74) is 0.157. The van der Waals surface area contributed by atoms with Gasteiger partial charge in [-0.05, 0) is 31.2 Å². The van der Waals surface area contributed by atoms with Gasteiger partial charge in [0.05, 0.1) is 5.56 Å². The van der Waals surface area contributed by atoms with Crippen LogP contribution in [-0.2, 0) is 9.53 Å². The van der Waals surface area contributed by atoms with Crippen molar-refractivity contribution in [3.8, 4) is 5.75 Å². The largest absolute Gasteiger partial charge is 0.479 e. The number of hydrogen-bond acceptors (Lipinski definition) is 4. The zero-order chi connectivity index (χ0) is 13.5. The number of hydrogen-bond donors (Lipinski definition) is 1. The van der Waals surface area contributed by atoms with Crippen molar-refractivity contribution in [3.05, 3.63) is 42.5 Å². The Morgan fingerprint density at radius 1 is 1.39 bits per heavy atom. The first-order valence-corrected chi connectivity index (χ1v) is 5.32. The molecule has 1 N–H and O–H groups in total. The zero-order valence-corrected chi connectivity index (χ0v) is 9.96. The van der Waals surface area contributed by atoms with E-state index in [1.54, 1.807) is 6.92 Å². The van der Waals surface area contributed by atoms with Crippen molar-refractivity contribution >= 4 is 11.9 Å². The molecule has 1 aromatic carbocycles. The van der Waals surface area contributed by atoms with Crippen LogP contribution in [0.5, 0.6) is 5.75 Å². The number of rotatable bonds is 6. The van der Waals surface area contributed by atoms with Gasteiger partial charge < -0.3 is 14.6 Å². The minimum atomic E-state index is -1.01. The fraction of sp³-hybridized carbons (Fsp3) is 0.231. The molecule has 0 spiro atoms.